The predicted octanol–water partition coefficient (Wildman–Crippen LogP) is -0.303. The molecule has 1 saturated carbocycles. The number of hydrogen-bond acceptors (Lipinski definition) is 3. The van der Waals surface area contributed by atoms with Crippen molar-refractivity contribution < 1.29 is 4.74 Å². The first-order valence-electron chi connectivity index (χ1n) is 4.36. The molecule has 0 aromatic carbocycles. The van der Waals surface area contributed by atoms with Gasteiger partial charge in [-0.25, -0.2) is 0 Å². The maximum Gasteiger partial charge on any atom is 0.0509 e. The highest BCUT2D eigenvalue weighted by Crippen LogP contribution is 2.31. The molecule has 3 heteroatoms. The molecule has 0 spiro atoms. The molecule has 2 aliphatic rings. The van der Waals surface area contributed by atoms with E-state index in [1.165, 1.54) is 0 Å². The SMILES string of the molecule is NC1CC2COCC(C1)C2N. The van der Waals surface area contributed by atoms with Crippen molar-refractivity contribution in [3.63, 3.8) is 0 Å². The fraction of sp³-hybridized carbons (Fsp3) is 1.00. The summed E-state index contributed by atoms with van der Waals surface area (Å²) in [7, 11) is 0. The fourth-order valence-corrected chi connectivity index (χ4v) is 2.30. The van der Waals surface area contributed by atoms with E-state index < -0.39 is 0 Å². The Labute approximate surface area is 67.1 Å². The Kier molecular flexibility index (Phi) is 1.87. The molecule has 2 bridgehead atoms. The monoisotopic (exact) mass is 156 g/mol. The van der Waals surface area contributed by atoms with Gasteiger partial charge in [-0.3, -0.25) is 0 Å². The normalized spacial score (nSPS) is 50.7. The molecule has 1 aliphatic carbocycles. The van der Waals surface area contributed by atoms with Gasteiger partial charge in [-0.15, -0.1) is 0 Å². The van der Waals surface area contributed by atoms with E-state index in [9.17, 15) is 0 Å². The van der Waals surface area contributed by atoms with Gasteiger partial charge in [0, 0.05) is 12.1 Å². The Morgan fingerprint density at radius 1 is 1.00 bits per heavy atom. The van der Waals surface area contributed by atoms with Crippen LogP contribution in [0, 0.1) is 11.8 Å². The predicted molar refractivity (Wildman–Crippen MR) is 43.0 cm³/mol. The van der Waals surface area contributed by atoms with E-state index in [1.54, 1.807) is 0 Å². The van der Waals surface area contributed by atoms with Crippen molar-refractivity contribution in [3.05, 3.63) is 0 Å². The fourth-order valence-electron chi connectivity index (χ4n) is 2.30. The van der Waals surface area contributed by atoms with Crippen molar-refractivity contribution in [2.45, 2.75) is 24.9 Å². The van der Waals surface area contributed by atoms with Gasteiger partial charge in [0.2, 0.25) is 0 Å². The number of ether oxygens (including phenoxy) is 1. The topological polar surface area (TPSA) is 61.3 Å². The molecule has 2 atom stereocenters. The summed E-state index contributed by atoms with van der Waals surface area (Å²) < 4.78 is 5.42. The lowest BCUT2D eigenvalue weighted by Gasteiger charge is -2.42. The molecule has 1 saturated heterocycles. The molecule has 1 aliphatic heterocycles. The summed E-state index contributed by atoms with van der Waals surface area (Å²) in [4.78, 5) is 0. The van der Waals surface area contributed by atoms with Crippen LogP contribution in [-0.2, 0) is 4.74 Å². The zero-order valence-corrected chi connectivity index (χ0v) is 6.70. The first kappa shape index (κ1) is 7.53. The van der Waals surface area contributed by atoms with Crippen LogP contribution in [0.3, 0.4) is 0 Å². The third-order valence-corrected chi connectivity index (χ3v) is 2.96. The first-order valence-corrected chi connectivity index (χ1v) is 4.36. The highest BCUT2D eigenvalue weighted by molar-refractivity contribution is 4.92. The van der Waals surface area contributed by atoms with Crippen LogP contribution in [0.2, 0.25) is 0 Å². The third-order valence-electron chi connectivity index (χ3n) is 2.96. The molecule has 2 unspecified atom stereocenters. The molecule has 11 heavy (non-hydrogen) atoms. The molecule has 4 N–H and O–H groups in total. The standard InChI is InChI=1S/C8H16N2O/c9-7-1-5-3-11-4-6(2-7)8(5)10/h5-8H,1-4,9-10H2. The summed E-state index contributed by atoms with van der Waals surface area (Å²) in [6.07, 6.45) is 2.11. The highest BCUT2D eigenvalue weighted by Gasteiger charge is 2.37. The summed E-state index contributed by atoms with van der Waals surface area (Å²) in [6.45, 7) is 1.65. The average Bonchev–Trinajstić information content (AvgIpc) is 1.92. The van der Waals surface area contributed by atoms with Crippen LogP contribution in [0.25, 0.3) is 0 Å². The van der Waals surface area contributed by atoms with Crippen LogP contribution < -0.4 is 11.5 Å². The number of fused-ring (bicyclic) bond motifs is 2. The van der Waals surface area contributed by atoms with Crippen LogP contribution >= 0.6 is 0 Å². The van der Waals surface area contributed by atoms with E-state index in [1.807, 2.05) is 0 Å². The molecule has 0 aromatic heterocycles. The van der Waals surface area contributed by atoms with Crippen LogP contribution in [0.4, 0.5) is 0 Å². The Balaban J connectivity index is 2.07. The van der Waals surface area contributed by atoms with Gasteiger partial charge in [-0.05, 0) is 24.7 Å². The minimum Gasteiger partial charge on any atom is -0.381 e. The summed E-state index contributed by atoms with van der Waals surface area (Å²) in [5.74, 6) is 1.05. The Morgan fingerprint density at radius 3 is 2.09 bits per heavy atom. The lowest BCUT2D eigenvalue weighted by molar-refractivity contribution is -0.0302. The summed E-state index contributed by atoms with van der Waals surface area (Å²) in [5.41, 5.74) is 11.9. The van der Waals surface area contributed by atoms with E-state index in [-0.39, 0.29) is 0 Å². The van der Waals surface area contributed by atoms with E-state index in [4.69, 9.17) is 16.2 Å². The van der Waals surface area contributed by atoms with Gasteiger partial charge in [0.25, 0.3) is 0 Å². The minimum absolute atomic E-state index is 0.351. The Bertz CT molecular complexity index is 137. The van der Waals surface area contributed by atoms with Crippen molar-refractivity contribution >= 4 is 0 Å². The van der Waals surface area contributed by atoms with Crippen LogP contribution in [0.1, 0.15) is 12.8 Å². The summed E-state index contributed by atoms with van der Waals surface area (Å²) >= 11 is 0. The lowest BCUT2D eigenvalue weighted by Crippen LogP contribution is -2.53. The molecule has 0 amide bonds. The van der Waals surface area contributed by atoms with Crippen LogP contribution in [0.15, 0.2) is 0 Å². The molecule has 3 nitrogen and oxygen atoms in total. The molecule has 2 fully saturated rings. The van der Waals surface area contributed by atoms with Crippen molar-refractivity contribution in [2.75, 3.05) is 13.2 Å². The van der Waals surface area contributed by atoms with Gasteiger partial charge in [-0.2, -0.15) is 0 Å². The summed E-state index contributed by atoms with van der Waals surface area (Å²) in [5, 5.41) is 0. The number of hydrogen-bond donors (Lipinski definition) is 2. The molecule has 2 rings (SSSR count). The van der Waals surface area contributed by atoms with Crippen molar-refractivity contribution in [1.82, 2.24) is 0 Å². The van der Waals surface area contributed by atoms with Crippen LogP contribution in [0.5, 0.6) is 0 Å². The van der Waals surface area contributed by atoms with Crippen LogP contribution in [-0.4, -0.2) is 25.3 Å². The van der Waals surface area contributed by atoms with E-state index in [2.05, 4.69) is 0 Å². The maximum atomic E-state index is 6.01. The zero-order valence-electron chi connectivity index (χ0n) is 6.70. The van der Waals surface area contributed by atoms with Crippen molar-refractivity contribution in [2.24, 2.45) is 23.3 Å². The van der Waals surface area contributed by atoms with Gasteiger partial charge >= 0.3 is 0 Å². The molecular weight excluding hydrogens is 140 g/mol. The van der Waals surface area contributed by atoms with Gasteiger partial charge in [0.1, 0.15) is 0 Å². The molecular formula is C8H16N2O. The van der Waals surface area contributed by atoms with E-state index >= 15 is 0 Å². The van der Waals surface area contributed by atoms with Gasteiger partial charge < -0.3 is 16.2 Å². The Hall–Kier alpha value is -0.120. The van der Waals surface area contributed by atoms with E-state index in [0.29, 0.717) is 23.9 Å². The highest BCUT2D eigenvalue weighted by atomic mass is 16.5. The zero-order chi connectivity index (χ0) is 7.84. The first-order chi connectivity index (χ1) is 5.27. The Morgan fingerprint density at radius 2 is 1.55 bits per heavy atom. The third kappa shape index (κ3) is 1.28. The van der Waals surface area contributed by atoms with Crippen molar-refractivity contribution in [3.8, 4) is 0 Å². The second-order valence-electron chi connectivity index (χ2n) is 3.87. The lowest BCUT2D eigenvalue weighted by atomic mass is 9.74. The smallest absolute Gasteiger partial charge is 0.0509 e. The van der Waals surface area contributed by atoms with Gasteiger partial charge in [0.15, 0.2) is 0 Å². The maximum absolute atomic E-state index is 6.01. The minimum atomic E-state index is 0.351. The summed E-state index contributed by atoms with van der Waals surface area (Å²) in [6, 6.07) is 0.720. The van der Waals surface area contributed by atoms with E-state index in [0.717, 1.165) is 26.1 Å². The average molecular weight is 156 g/mol. The second-order valence-corrected chi connectivity index (χ2v) is 3.87. The molecule has 0 aromatic rings. The largest absolute Gasteiger partial charge is 0.381 e. The molecule has 64 valence electrons. The quantitative estimate of drug-likeness (QED) is 0.506. The number of nitrogens with two attached hydrogens (primary N) is 2. The molecule has 1 heterocycles. The van der Waals surface area contributed by atoms with Crippen molar-refractivity contribution in [1.29, 1.82) is 0 Å². The molecule has 0 radical (unpaired) electrons. The van der Waals surface area contributed by atoms with Gasteiger partial charge in [-0.1, -0.05) is 0 Å². The number of rotatable bonds is 0. The van der Waals surface area contributed by atoms with Gasteiger partial charge in [0.05, 0.1) is 13.2 Å². The second kappa shape index (κ2) is 2.73.